The monoisotopic (exact) mass is 377 g/mol. The van der Waals surface area contributed by atoms with Crippen LogP contribution in [-0.4, -0.2) is 26.4 Å². The predicted molar refractivity (Wildman–Crippen MR) is 94.4 cm³/mol. The van der Waals surface area contributed by atoms with Crippen molar-refractivity contribution in [2.24, 2.45) is 5.10 Å². The largest absolute Gasteiger partial charge is 0.433 e. The Morgan fingerprint density at radius 1 is 1.28 bits per heavy atom. The summed E-state index contributed by atoms with van der Waals surface area (Å²) in [6.07, 6.45) is 2.74. The molecule has 3 rings (SSSR count). The van der Waals surface area contributed by atoms with E-state index in [2.05, 4.69) is 5.10 Å². The van der Waals surface area contributed by atoms with Gasteiger partial charge in [0, 0.05) is 6.08 Å². The lowest BCUT2D eigenvalue weighted by Gasteiger charge is -2.05. The SMILES string of the molecule is O=C1/C(=C\c2ccc([N+](=O)[O-])o2)SC(=S)N1/N=C/c1ccc(F)cc1. The first-order valence-electron chi connectivity index (χ1n) is 6.76. The highest BCUT2D eigenvalue weighted by Crippen LogP contribution is 2.33. The molecule has 10 heteroatoms. The number of amides is 1. The number of furan rings is 1. The number of thioether (sulfide) groups is 1. The number of halogens is 1. The van der Waals surface area contributed by atoms with Crippen LogP contribution in [0.15, 0.2) is 50.8 Å². The first kappa shape index (κ1) is 17.0. The summed E-state index contributed by atoms with van der Waals surface area (Å²) in [5, 5.41) is 15.6. The molecule has 0 spiro atoms. The minimum Gasteiger partial charge on any atom is -0.401 e. The van der Waals surface area contributed by atoms with Crippen LogP contribution in [-0.2, 0) is 4.79 Å². The smallest absolute Gasteiger partial charge is 0.401 e. The Morgan fingerprint density at radius 3 is 2.64 bits per heavy atom. The fourth-order valence-electron chi connectivity index (χ4n) is 1.88. The average molecular weight is 377 g/mol. The molecule has 1 fully saturated rings. The third-order valence-electron chi connectivity index (χ3n) is 3.03. The second-order valence-corrected chi connectivity index (χ2v) is 6.40. The molecule has 2 heterocycles. The standard InChI is InChI=1S/C15H8FN3O4S2/c16-10-3-1-9(2-4-10)8-17-18-14(20)12(25-15(18)24)7-11-5-6-13(23-11)19(21)22/h1-8H/b12-7+,17-8+. The van der Waals surface area contributed by atoms with Crippen molar-refractivity contribution in [2.75, 3.05) is 0 Å². The van der Waals surface area contributed by atoms with Gasteiger partial charge in [-0.15, -0.1) is 0 Å². The molecule has 7 nitrogen and oxygen atoms in total. The summed E-state index contributed by atoms with van der Waals surface area (Å²) in [4.78, 5) is 22.5. The van der Waals surface area contributed by atoms with E-state index in [9.17, 15) is 19.3 Å². The maximum Gasteiger partial charge on any atom is 0.433 e. The Morgan fingerprint density at radius 2 is 2.00 bits per heavy atom. The zero-order valence-electron chi connectivity index (χ0n) is 12.3. The second-order valence-electron chi connectivity index (χ2n) is 4.72. The molecule has 0 radical (unpaired) electrons. The van der Waals surface area contributed by atoms with Crippen molar-refractivity contribution in [1.82, 2.24) is 5.01 Å². The number of benzene rings is 1. The number of rotatable bonds is 4. The van der Waals surface area contributed by atoms with E-state index >= 15 is 0 Å². The number of nitro groups is 1. The van der Waals surface area contributed by atoms with Gasteiger partial charge in [-0.2, -0.15) is 10.1 Å². The van der Waals surface area contributed by atoms with Crippen molar-refractivity contribution in [2.45, 2.75) is 0 Å². The van der Waals surface area contributed by atoms with Crippen LogP contribution in [0.5, 0.6) is 0 Å². The van der Waals surface area contributed by atoms with Crippen LogP contribution in [0.25, 0.3) is 6.08 Å². The summed E-state index contributed by atoms with van der Waals surface area (Å²) in [5.41, 5.74) is 0.598. The van der Waals surface area contributed by atoms with Crippen molar-refractivity contribution < 1.29 is 18.5 Å². The molecule has 0 bridgehead atoms. The lowest BCUT2D eigenvalue weighted by Crippen LogP contribution is -2.22. The molecule has 0 unspecified atom stereocenters. The van der Waals surface area contributed by atoms with Gasteiger partial charge in [0.25, 0.3) is 5.91 Å². The van der Waals surface area contributed by atoms with Crippen LogP contribution in [0.1, 0.15) is 11.3 Å². The fraction of sp³-hybridized carbons (Fsp3) is 0. The van der Waals surface area contributed by atoms with Crippen molar-refractivity contribution in [3.63, 3.8) is 0 Å². The summed E-state index contributed by atoms with van der Waals surface area (Å²) in [6.45, 7) is 0. The molecular weight excluding hydrogens is 369 g/mol. The Labute approximate surface area is 149 Å². The van der Waals surface area contributed by atoms with Gasteiger partial charge >= 0.3 is 5.88 Å². The highest BCUT2D eigenvalue weighted by atomic mass is 32.2. The van der Waals surface area contributed by atoms with Gasteiger partial charge in [0.2, 0.25) is 0 Å². The Kier molecular flexibility index (Phi) is 4.72. The van der Waals surface area contributed by atoms with Crippen molar-refractivity contribution in [3.05, 3.63) is 68.6 Å². The zero-order chi connectivity index (χ0) is 18.0. The third kappa shape index (κ3) is 3.80. The molecule has 126 valence electrons. The molecular formula is C15H8FN3O4S2. The average Bonchev–Trinajstić information content (AvgIpc) is 3.14. The molecule has 1 amide bonds. The summed E-state index contributed by atoms with van der Waals surface area (Å²) >= 11 is 6.11. The maximum atomic E-state index is 12.9. The Bertz CT molecular complexity index is 921. The van der Waals surface area contributed by atoms with Crippen molar-refractivity contribution >= 4 is 52.4 Å². The van der Waals surface area contributed by atoms with Crippen LogP contribution >= 0.6 is 24.0 Å². The molecule has 0 atom stereocenters. The second kappa shape index (κ2) is 6.95. The first-order valence-corrected chi connectivity index (χ1v) is 7.98. The van der Waals surface area contributed by atoms with E-state index in [0.717, 1.165) is 16.8 Å². The lowest BCUT2D eigenvalue weighted by atomic mass is 10.2. The van der Waals surface area contributed by atoms with E-state index < -0.39 is 16.7 Å². The highest BCUT2D eigenvalue weighted by molar-refractivity contribution is 8.26. The van der Waals surface area contributed by atoms with E-state index in [-0.39, 0.29) is 20.8 Å². The molecule has 1 aromatic heterocycles. The quantitative estimate of drug-likeness (QED) is 0.266. The third-order valence-corrected chi connectivity index (χ3v) is 4.31. The lowest BCUT2D eigenvalue weighted by molar-refractivity contribution is -0.402. The van der Waals surface area contributed by atoms with Crippen LogP contribution in [0.2, 0.25) is 0 Å². The van der Waals surface area contributed by atoms with E-state index in [1.54, 1.807) is 0 Å². The topological polar surface area (TPSA) is 88.9 Å². The number of carbonyl (C=O) groups is 1. The number of hydrogen-bond acceptors (Lipinski definition) is 7. The van der Waals surface area contributed by atoms with Gasteiger partial charge in [-0.3, -0.25) is 14.9 Å². The molecule has 1 saturated heterocycles. The van der Waals surface area contributed by atoms with Crippen LogP contribution in [0.4, 0.5) is 10.3 Å². The Balaban J connectivity index is 1.78. The molecule has 0 saturated carbocycles. The number of hydrogen-bond donors (Lipinski definition) is 0. The number of carbonyl (C=O) groups excluding carboxylic acids is 1. The van der Waals surface area contributed by atoms with E-state index in [1.165, 1.54) is 48.7 Å². The molecule has 0 N–H and O–H groups in total. The minimum atomic E-state index is -0.671. The van der Waals surface area contributed by atoms with Crippen molar-refractivity contribution in [3.8, 4) is 0 Å². The molecule has 0 aliphatic carbocycles. The van der Waals surface area contributed by atoms with Gasteiger partial charge in [-0.25, -0.2) is 4.39 Å². The number of thiocarbonyl (C=S) groups is 1. The number of hydrazone groups is 1. The van der Waals surface area contributed by atoms with Crippen LogP contribution in [0, 0.1) is 15.9 Å². The normalized spacial score (nSPS) is 16.4. The van der Waals surface area contributed by atoms with Gasteiger partial charge in [0.1, 0.15) is 16.5 Å². The van der Waals surface area contributed by atoms with E-state index in [0.29, 0.717) is 5.56 Å². The summed E-state index contributed by atoms with van der Waals surface area (Å²) in [7, 11) is 0. The highest BCUT2D eigenvalue weighted by Gasteiger charge is 2.32. The van der Waals surface area contributed by atoms with Crippen molar-refractivity contribution in [1.29, 1.82) is 0 Å². The fourth-order valence-corrected chi connectivity index (χ4v) is 3.03. The summed E-state index contributed by atoms with van der Waals surface area (Å²) in [6, 6.07) is 8.14. The van der Waals surface area contributed by atoms with Gasteiger partial charge in [-0.05, 0) is 36.0 Å². The maximum absolute atomic E-state index is 12.9. The van der Waals surface area contributed by atoms with Gasteiger partial charge in [0.15, 0.2) is 4.32 Å². The predicted octanol–water partition coefficient (Wildman–Crippen LogP) is 3.56. The molecule has 1 aliphatic heterocycles. The van der Waals surface area contributed by atoms with E-state index in [1.807, 2.05) is 0 Å². The summed E-state index contributed by atoms with van der Waals surface area (Å²) in [5.74, 6) is -1.11. The van der Waals surface area contributed by atoms with E-state index in [4.69, 9.17) is 16.6 Å². The molecule has 1 aliphatic rings. The minimum absolute atomic E-state index is 0.162. The van der Waals surface area contributed by atoms with Gasteiger partial charge in [0.05, 0.1) is 17.2 Å². The first-order chi connectivity index (χ1) is 11.9. The molecule has 2 aromatic rings. The van der Waals surface area contributed by atoms with Gasteiger partial charge < -0.3 is 4.42 Å². The number of nitrogens with zero attached hydrogens (tertiary/aromatic N) is 3. The molecule has 1 aromatic carbocycles. The zero-order valence-corrected chi connectivity index (χ0v) is 13.9. The van der Waals surface area contributed by atoms with Crippen LogP contribution in [0.3, 0.4) is 0 Å². The molecule has 25 heavy (non-hydrogen) atoms. The van der Waals surface area contributed by atoms with Gasteiger partial charge in [-0.1, -0.05) is 23.9 Å². The Hall–Kier alpha value is -2.85. The summed E-state index contributed by atoms with van der Waals surface area (Å²) < 4.78 is 18.1. The van der Waals surface area contributed by atoms with Crippen LogP contribution < -0.4 is 0 Å².